The first-order valence-electron chi connectivity index (χ1n) is 8.48. The molecule has 0 atom stereocenters. The topological polar surface area (TPSA) is 51.5 Å². The molecular weight excluding hydrogens is 302 g/mol. The lowest BCUT2D eigenvalue weighted by molar-refractivity contribution is 0.411. The smallest absolute Gasteiger partial charge is 0.200 e. The van der Waals surface area contributed by atoms with Crippen LogP contribution in [0.2, 0.25) is 0 Å². The Hall–Kier alpha value is -2.33. The molecule has 0 aliphatic carbocycles. The fraction of sp³-hybridized carbons (Fsp3) is 0.350. The molecule has 0 saturated heterocycles. The predicted molar refractivity (Wildman–Crippen MR) is 98.0 cm³/mol. The number of para-hydroxylation sites is 1. The lowest BCUT2D eigenvalue weighted by Gasteiger charge is -2.11. The molecule has 0 amide bonds. The average molecular weight is 325 g/mol. The normalized spacial score (nSPS) is 11.2. The molecule has 0 spiro atoms. The zero-order valence-electron chi connectivity index (χ0n) is 14.2. The van der Waals surface area contributed by atoms with Crippen LogP contribution in [-0.2, 0) is 6.42 Å². The van der Waals surface area contributed by atoms with E-state index in [0.717, 1.165) is 31.5 Å². The number of hydrogen-bond acceptors (Lipinski definition) is 4. The van der Waals surface area contributed by atoms with Crippen molar-refractivity contribution < 1.29 is 9.15 Å². The molecule has 1 heterocycles. The van der Waals surface area contributed by atoms with E-state index in [1.165, 1.54) is 6.42 Å². The molecule has 3 rings (SSSR count). The Morgan fingerprint density at radius 3 is 2.75 bits per heavy atom. The lowest BCUT2D eigenvalue weighted by atomic mass is 10.0. The van der Waals surface area contributed by atoms with Crippen LogP contribution in [0.3, 0.4) is 0 Å². The molecular formula is C20H23NO3. The number of hydrogen-bond donors (Lipinski definition) is 1. The van der Waals surface area contributed by atoms with Gasteiger partial charge in [-0.15, -0.1) is 0 Å². The summed E-state index contributed by atoms with van der Waals surface area (Å²) >= 11 is 0. The van der Waals surface area contributed by atoms with Gasteiger partial charge in [-0.25, -0.2) is 0 Å². The van der Waals surface area contributed by atoms with Gasteiger partial charge in [0, 0.05) is 0 Å². The van der Waals surface area contributed by atoms with Crippen LogP contribution < -0.4 is 15.5 Å². The summed E-state index contributed by atoms with van der Waals surface area (Å²) in [7, 11) is 1.59. The van der Waals surface area contributed by atoms with E-state index in [0.29, 0.717) is 27.7 Å². The van der Waals surface area contributed by atoms with Crippen LogP contribution in [0.5, 0.6) is 5.75 Å². The second-order valence-electron chi connectivity index (χ2n) is 5.91. The van der Waals surface area contributed by atoms with Gasteiger partial charge < -0.3 is 14.5 Å². The minimum Gasteiger partial charge on any atom is -0.493 e. The summed E-state index contributed by atoms with van der Waals surface area (Å²) in [5.74, 6) is 0.593. The zero-order chi connectivity index (χ0) is 16.9. The molecule has 0 unspecified atom stereocenters. The van der Waals surface area contributed by atoms with E-state index in [1.54, 1.807) is 7.11 Å². The summed E-state index contributed by atoms with van der Waals surface area (Å²) in [5.41, 5.74) is 2.13. The van der Waals surface area contributed by atoms with Gasteiger partial charge in [0.05, 0.1) is 17.9 Å². The fourth-order valence-electron chi connectivity index (χ4n) is 2.96. The maximum Gasteiger partial charge on any atom is 0.200 e. The van der Waals surface area contributed by atoms with E-state index in [2.05, 4.69) is 12.2 Å². The number of methoxy groups -OCH3 is 1. The third kappa shape index (κ3) is 3.15. The van der Waals surface area contributed by atoms with Gasteiger partial charge in [0.15, 0.2) is 11.3 Å². The van der Waals surface area contributed by atoms with Crippen molar-refractivity contribution in [2.24, 2.45) is 0 Å². The summed E-state index contributed by atoms with van der Waals surface area (Å²) in [6, 6.07) is 11.2. The van der Waals surface area contributed by atoms with Crippen LogP contribution in [0, 0.1) is 0 Å². The Balaban J connectivity index is 2.06. The van der Waals surface area contributed by atoms with Crippen molar-refractivity contribution in [2.45, 2.75) is 26.2 Å². The second kappa shape index (κ2) is 7.49. The van der Waals surface area contributed by atoms with Crippen LogP contribution in [0.25, 0.3) is 21.9 Å². The van der Waals surface area contributed by atoms with Gasteiger partial charge in [-0.3, -0.25) is 4.79 Å². The van der Waals surface area contributed by atoms with Crippen molar-refractivity contribution in [2.75, 3.05) is 20.2 Å². The van der Waals surface area contributed by atoms with Crippen molar-refractivity contribution >= 4 is 21.9 Å². The average Bonchev–Trinajstić information content (AvgIpc) is 2.61. The van der Waals surface area contributed by atoms with Crippen LogP contribution in [0.1, 0.15) is 25.3 Å². The number of unbranched alkanes of at least 4 members (excludes halogenated alkanes) is 1. The van der Waals surface area contributed by atoms with E-state index < -0.39 is 0 Å². The molecule has 0 radical (unpaired) electrons. The highest BCUT2D eigenvalue weighted by Crippen LogP contribution is 2.29. The quantitative estimate of drug-likeness (QED) is 0.529. The maximum absolute atomic E-state index is 13.0. The molecule has 2 aromatic carbocycles. The minimum atomic E-state index is 0.00862. The van der Waals surface area contributed by atoms with Crippen molar-refractivity contribution in [3.63, 3.8) is 0 Å². The van der Waals surface area contributed by atoms with Gasteiger partial charge >= 0.3 is 0 Å². The molecule has 0 aliphatic heterocycles. The monoisotopic (exact) mass is 325 g/mol. The van der Waals surface area contributed by atoms with Crippen LogP contribution in [-0.4, -0.2) is 20.2 Å². The van der Waals surface area contributed by atoms with E-state index >= 15 is 0 Å². The Kier molecular flexibility index (Phi) is 5.16. The van der Waals surface area contributed by atoms with Crippen LogP contribution in [0.15, 0.2) is 45.6 Å². The molecule has 1 aromatic heterocycles. The zero-order valence-corrected chi connectivity index (χ0v) is 14.2. The summed E-state index contributed by atoms with van der Waals surface area (Å²) in [6.07, 6.45) is 3.12. The molecule has 0 aliphatic rings. The highest BCUT2D eigenvalue weighted by Gasteiger charge is 2.15. The Labute approximate surface area is 141 Å². The van der Waals surface area contributed by atoms with E-state index in [9.17, 15) is 4.79 Å². The molecule has 24 heavy (non-hydrogen) atoms. The first-order chi connectivity index (χ1) is 11.8. The second-order valence-corrected chi connectivity index (χ2v) is 5.91. The van der Waals surface area contributed by atoms with Crippen molar-refractivity contribution in [3.05, 3.63) is 52.2 Å². The van der Waals surface area contributed by atoms with Gasteiger partial charge in [0.25, 0.3) is 0 Å². The molecule has 0 fully saturated rings. The number of rotatable bonds is 7. The van der Waals surface area contributed by atoms with Crippen molar-refractivity contribution in [3.8, 4) is 5.75 Å². The van der Waals surface area contributed by atoms with Crippen LogP contribution in [0.4, 0.5) is 0 Å². The van der Waals surface area contributed by atoms with Gasteiger partial charge in [-0.2, -0.15) is 0 Å². The van der Waals surface area contributed by atoms with E-state index in [-0.39, 0.29) is 5.43 Å². The van der Waals surface area contributed by atoms with Crippen molar-refractivity contribution in [1.82, 2.24) is 5.32 Å². The molecule has 0 saturated carbocycles. The highest BCUT2D eigenvalue weighted by molar-refractivity contribution is 5.94. The SMILES string of the molecule is CCCCNCCc1ccc(OC)c2oc3ccccc3c(=O)c12. The number of benzene rings is 2. The predicted octanol–water partition coefficient (Wildman–Crippen LogP) is 3.89. The highest BCUT2D eigenvalue weighted by atomic mass is 16.5. The Bertz CT molecular complexity index is 898. The van der Waals surface area contributed by atoms with Crippen LogP contribution >= 0.6 is 0 Å². The number of ether oxygens (including phenoxy) is 1. The largest absolute Gasteiger partial charge is 0.493 e. The first kappa shape index (κ1) is 16.5. The number of nitrogens with one attached hydrogen (secondary N) is 1. The van der Waals surface area contributed by atoms with Crippen molar-refractivity contribution in [1.29, 1.82) is 0 Å². The van der Waals surface area contributed by atoms with Gasteiger partial charge in [-0.05, 0) is 49.7 Å². The van der Waals surface area contributed by atoms with E-state index in [1.807, 2.05) is 36.4 Å². The first-order valence-corrected chi connectivity index (χ1v) is 8.48. The summed E-state index contributed by atoms with van der Waals surface area (Å²) in [5, 5.41) is 4.66. The molecule has 126 valence electrons. The molecule has 3 aromatic rings. The van der Waals surface area contributed by atoms with E-state index in [4.69, 9.17) is 9.15 Å². The molecule has 4 nitrogen and oxygen atoms in total. The Morgan fingerprint density at radius 1 is 1.12 bits per heavy atom. The number of fused-ring (bicyclic) bond motifs is 2. The molecule has 0 bridgehead atoms. The standard InChI is InChI=1S/C20H23NO3/c1-3-4-12-21-13-11-14-9-10-17(23-2)20-18(14)19(22)15-7-5-6-8-16(15)24-20/h5-10,21H,3-4,11-13H2,1-2H3. The summed E-state index contributed by atoms with van der Waals surface area (Å²) in [6.45, 7) is 4.02. The van der Waals surface area contributed by atoms with Gasteiger partial charge in [-0.1, -0.05) is 31.5 Å². The molecule has 4 heteroatoms. The fourth-order valence-corrected chi connectivity index (χ4v) is 2.96. The maximum atomic E-state index is 13.0. The molecule has 1 N–H and O–H groups in total. The van der Waals surface area contributed by atoms with Gasteiger partial charge in [0.1, 0.15) is 5.58 Å². The minimum absolute atomic E-state index is 0.00862. The third-order valence-electron chi connectivity index (χ3n) is 4.28. The summed E-state index contributed by atoms with van der Waals surface area (Å²) in [4.78, 5) is 13.0. The summed E-state index contributed by atoms with van der Waals surface area (Å²) < 4.78 is 11.4. The third-order valence-corrected chi connectivity index (χ3v) is 4.28. The Morgan fingerprint density at radius 2 is 1.96 bits per heavy atom. The lowest BCUT2D eigenvalue weighted by Crippen LogP contribution is -2.19. The van der Waals surface area contributed by atoms with Gasteiger partial charge in [0.2, 0.25) is 5.43 Å².